The van der Waals surface area contributed by atoms with E-state index in [1.807, 2.05) is 0 Å². The molecule has 2 bridgehead atoms. The van der Waals surface area contributed by atoms with Crippen LogP contribution in [0, 0.1) is 5.92 Å². The average Bonchev–Trinajstić information content (AvgIpc) is 2.86. The molecule has 2 amide bonds. The number of nitrogens with one attached hydrogen (secondary N) is 2. The fourth-order valence-corrected chi connectivity index (χ4v) is 7.32. The molecule has 5 rings (SSSR count). The molecule has 1 aromatic heterocycles. The zero-order chi connectivity index (χ0) is 24.6. The Labute approximate surface area is 205 Å². The molecule has 0 radical (unpaired) electrons. The van der Waals surface area contributed by atoms with Gasteiger partial charge in [-0.05, 0) is 55.5 Å². The summed E-state index contributed by atoms with van der Waals surface area (Å²) in [5, 5.41) is 6.01. The number of sulfonamides is 1. The second kappa shape index (κ2) is 9.66. The van der Waals surface area contributed by atoms with Gasteiger partial charge in [0.2, 0.25) is 10.0 Å². The first-order chi connectivity index (χ1) is 16.8. The summed E-state index contributed by atoms with van der Waals surface area (Å²) in [6.07, 6.45) is 6.15. The van der Waals surface area contributed by atoms with Crippen molar-refractivity contribution in [2.45, 2.75) is 61.9 Å². The average molecular weight is 501 g/mol. The van der Waals surface area contributed by atoms with Crippen LogP contribution in [-0.2, 0) is 16.6 Å². The van der Waals surface area contributed by atoms with Gasteiger partial charge in [0.05, 0.1) is 17.7 Å². The van der Waals surface area contributed by atoms with E-state index >= 15 is 0 Å². The Kier molecular flexibility index (Phi) is 6.59. The first kappa shape index (κ1) is 23.9. The van der Waals surface area contributed by atoms with Crippen molar-refractivity contribution in [3.05, 3.63) is 52.4 Å². The number of hydrogen-bond acceptors (Lipinski definition) is 5. The molecule has 9 nitrogen and oxygen atoms in total. The van der Waals surface area contributed by atoms with Crippen molar-refractivity contribution in [3.8, 4) is 5.75 Å². The number of rotatable bonds is 5. The summed E-state index contributed by atoms with van der Waals surface area (Å²) in [7, 11) is -2.17. The van der Waals surface area contributed by atoms with Crippen LogP contribution in [-0.4, -0.2) is 49.6 Å². The monoisotopic (exact) mass is 500 g/mol. The molecule has 2 aromatic rings. The number of piperidine rings is 1. The van der Waals surface area contributed by atoms with Crippen LogP contribution in [0.5, 0.6) is 5.75 Å². The third-order valence-corrected chi connectivity index (χ3v) is 9.29. The third-order valence-electron chi connectivity index (χ3n) is 7.44. The topological polar surface area (TPSA) is 110 Å². The lowest BCUT2D eigenvalue weighted by Gasteiger charge is -2.42. The van der Waals surface area contributed by atoms with E-state index in [0.29, 0.717) is 30.2 Å². The zero-order valence-electron chi connectivity index (χ0n) is 19.9. The van der Waals surface area contributed by atoms with Crippen LogP contribution in [0.1, 0.15) is 50.1 Å². The summed E-state index contributed by atoms with van der Waals surface area (Å²) in [5.41, 5.74) is 1.16. The Hall–Kier alpha value is -2.85. The normalized spacial score (nSPS) is 22.8. The van der Waals surface area contributed by atoms with E-state index in [0.717, 1.165) is 32.1 Å². The van der Waals surface area contributed by atoms with Gasteiger partial charge >= 0.3 is 6.03 Å². The molecule has 2 fully saturated rings. The summed E-state index contributed by atoms with van der Waals surface area (Å²) >= 11 is 0. The van der Waals surface area contributed by atoms with Crippen molar-refractivity contribution in [1.29, 1.82) is 0 Å². The summed E-state index contributed by atoms with van der Waals surface area (Å²) in [5.74, 6) is 0.433. The Bertz CT molecular complexity index is 1250. The van der Waals surface area contributed by atoms with E-state index in [1.165, 1.54) is 23.9 Å². The van der Waals surface area contributed by atoms with Gasteiger partial charge in [-0.3, -0.25) is 4.79 Å². The van der Waals surface area contributed by atoms with Gasteiger partial charge in [0.25, 0.3) is 5.56 Å². The summed E-state index contributed by atoms with van der Waals surface area (Å²) < 4.78 is 35.2. The van der Waals surface area contributed by atoms with E-state index in [2.05, 4.69) is 10.6 Å². The molecule has 1 aromatic carbocycles. The van der Waals surface area contributed by atoms with Gasteiger partial charge in [-0.1, -0.05) is 19.3 Å². The largest absolute Gasteiger partial charge is 0.497 e. The number of nitrogens with zero attached hydrogens (tertiary/aromatic N) is 2. The van der Waals surface area contributed by atoms with Gasteiger partial charge in [-0.15, -0.1) is 0 Å². The molecule has 35 heavy (non-hydrogen) atoms. The lowest BCUT2D eigenvalue weighted by atomic mass is 9.83. The summed E-state index contributed by atoms with van der Waals surface area (Å²) in [6, 6.07) is 9.39. The highest BCUT2D eigenvalue weighted by molar-refractivity contribution is 7.89. The number of methoxy groups -OCH3 is 1. The lowest BCUT2D eigenvalue weighted by Crippen LogP contribution is -2.49. The minimum Gasteiger partial charge on any atom is -0.497 e. The van der Waals surface area contributed by atoms with E-state index in [9.17, 15) is 18.0 Å². The number of pyridine rings is 1. The molecule has 3 aliphatic rings. The number of urea groups is 1. The van der Waals surface area contributed by atoms with Crippen LogP contribution in [0.15, 0.2) is 46.1 Å². The number of fused-ring (bicyclic) bond motifs is 4. The van der Waals surface area contributed by atoms with Gasteiger partial charge in [0, 0.05) is 43.4 Å². The molecule has 1 saturated carbocycles. The minimum atomic E-state index is -3.71. The van der Waals surface area contributed by atoms with E-state index in [-0.39, 0.29) is 40.9 Å². The van der Waals surface area contributed by atoms with Gasteiger partial charge in [-0.2, -0.15) is 4.31 Å². The lowest BCUT2D eigenvalue weighted by molar-refractivity contribution is 0.187. The second-order valence-electron chi connectivity index (χ2n) is 9.81. The number of aromatic nitrogens is 1. The fraction of sp³-hybridized carbons (Fsp3) is 0.520. The predicted octanol–water partition coefficient (Wildman–Crippen LogP) is 3.12. The standard InChI is InChI=1S/C25H32N4O5S/c1-34-20-7-9-21(10-8-20)35(32,33)28-14-17-13-18(16-28)24-22(11-12-23(30)29(24)15-17)27-25(31)26-19-5-3-2-4-6-19/h7-12,17-19H,2-6,13-16H2,1H3,(H2,26,27,31)/t17-,18+/m0/s1. The minimum absolute atomic E-state index is 0.0262. The molecular weight excluding hydrogens is 468 g/mol. The molecule has 2 atom stereocenters. The number of amides is 2. The van der Waals surface area contributed by atoms with Crippen LogP contribution < -0.4 is 20.9 Å². The number of hydrogen-bond donors (Lipinski definition) is 2. The van der Waals surface area contributed by atoms with Crippen molar-refractivity contribution in [2.24, 2.45) is 5.92 Å². The van der Waals surface area contributed by atoms with Crippen molar-refractivity contribution >= 4 is 21.7 Å². The van der Waals surface area contributed by atoms with Crippen molar-refractivity contribution in [2.75, 3.05) is 25.5 Å². The zero-order valence-corrected chi connectivity index (χ0v) is 20.7. The highest BCUT2D eigenvalue weighted by atomic mass is 32.2. The maximum atomic E-state index is 13.4. The van der Waals surface area contributed by atoms with E-state index in [1.54, 1.807) is 34.9 Å². The Morgan fingerprint density at radius 3 is 2.46 bits per heavy atom. The first-order valence-corrected chi connectivity index (χ1v) is 13.7. The molecule has 2 N–H and O–H groups in total. The van der Waals surface area contributed by atoms with E-state index in [4.69, 9.17) is 4.74 Å². The van der Waals surface area contributed by atoms with Crippen LogP contribution in [0.25, 0.3) is 0 Å². The molecule has 1 saturated heterocycles. The van der Waals surface area contributed by atoms with Crippen LogP contribution >= 0.6 is 0 Å². The maximum absolute atomic E-state index is 13.4. The molecule has 3 heterocycles. The van der Waals surface area contributed by atoms with Crippen LogP contribution in [0.3, 0.4) is 0 Å². The second-order valence-corrected chi connectivity index (χ2v) is 11.7. The molecule has 188 valence electrons. The predicted molar refractivity (Wildman–Crippen MR) is 132 cm³/mol. The molecule has 0 unspecified atom stereocenters. The molecular formula is C25H32N4O5S. The van der Waals surface area contributed by atoms with Crippen molar-refractivity contribution in [1.82, 2.24) is 14.2 Å². The van der Waals surface area contributed by atoms with Gasteiger partial charge in [0.1, 0.15) is 5.75 Å². The number of carbonyl (C=O) groups excluding carboxylic acids is 1. The number of carbonyl (C=O) groups is 1. The first-order valence-electron chi connectivity index (χ1n) is 12.3. The van der Waals surface area contributed by atoms with Gasteiger partial charge < -0.3 is 19.9 Å². The van der Waals surface area contributed by atoms with Gasteiger partial charge in [0.15, 0.2) is 0 Å². The molecule has 2 aliphatic heterocycles. The quantitative estimate of drug-likeness (QED) is 0.656. The van der Waals surface area contributed by atoms with E-state index < -0.39 is 10.0 Å². The SMILES string of the molecule is COc1ccc(S(=O)(=O)N2C[C@@H]3C[C@H](C2)c2c(NC(=O)NC4CCCCC4)ccc(=O)n2C3)cc1. The summed E-state index contributed by atoms with van der Waals surface area (Å²) in [4.78, 5) is 25.7. The van der Waals surface area contributed by atoms with Crippen LogP contribution in [0.2, 0.25) is 0 Å². The third kappa shape index (κ3) is 4.81. The van der Waals surface area contributed by atoms with Crippen molar-refractivity contribution in [3.63, 3.8) is 0 Å². The highest BCUT2D eigenvalue weighted by Crippen LogP contribution is 2.40. The fourth-order valence-electron chi connectivity index (χ4n) is 5.76. The number of anilines is 1. The van der Waals surface area contributed by atoms with Crippen LogP contribution in [0.4, 0.5) is 10.5 Å². The molecule has 0 spiro atoms. The van der Waals surface area contributed by atoms with Gasteiger partial charge in [-0.25, -0.2) is 13.2 Å². The molecule has 1 aliphatic carbocycles. The summed E-state index contributed by atoms with van der Waals surface area (Å²) in [6.45, 7) is 1.04. The van der Waals surface area contributed by atoms with Crippen molar-refractivity contribution < 1.29 is 17.9 Å². The smallest absolute Gasteiger partial charge is 0.319 e. The number of ether oxygens (including phenoxy) is 1. The highest BCUT2D eigenvalue weighted by Gasteiger charge is 2.40. The number of benzene rings is 1. The Morgan fingerprint density at radius 2 is 1.74 bits per heavy atom. The Balaban J connectivity index is 1.39. The molecule has 10 heteroatoms. The maximum Gasteiger partial charge on any atom is 0.319 e. The Morgan fingerprint density at radius 1 is 1.00 bits per heavy atom.